The molecule has 0 aromatic carbocycles. The van der Waals surface area contributed by atoms with Crippen LogP contribution in [0.4, 0.5) is 0 Å². The number of guanidine groups is 1. The monoisotopic (exact) mass is 266 g/mol. The van der Waals surface area contributed by atoms with E-state index in [1.165, 1.54) is 51.6 Å². The Morgan fingerprint density at radius 1 is 1.00 bits per heavy atom. The lowest BCUT2D eigenvalue weighted by molar-refractivity contribution is 0.168. The van der Waals surface area contributed by atoms with Crippen molar-refractivity contribution < 1.29 is 0 Å². The average molecular weight is 266 g/mol. The van der Waals surface area contributed by atoms with Crippen molar-refractivity contribution in [1.82, 2.24) is 9.80 Å². The highest BCUT2D eigenvalue weighted by Crippen LogP contribution is 2.14. The summed E-state index contributed by atoms with van der Waals surface area (Å²) in [5, 5.41) is 0. The van der Waals surface area contributed by atoms with Gasteiger partial charge < -0.3 is 15.5 Å². The standard InChI is InChI=1S/C15H30N4/c1-14(18-10-4-2-5-11-18)8-9-17-15(16)19-12-6-3-7-13-19/h14H,2-13H2,1H3,(H2,16,17). The molecule has 2 aliphatic rings. The molecule has 0 aromatic rings. The zero-order valence-corrected chi connectivity index (χ0v) is 12.5. The molecular formula is C15H30N4. The Hall–Kier alpha value is -0.770. The molecular weight excluding hydrogens is 236 g/mol. The third-order valence-corrected chi connectivity index (χ3v) is 4.51. The van der Waals surface area contributed by atoms with E-state index in [1.54, 1.807) is 0 Å². The van der Waals surface area contributed by atoms with Crippen LogP contribution in [0.5, 0.6) is 0 Å². The Morgan fingerprint density at radius 3 is 2.21 bits per heavy atom. The van der Waals surface area contributed by atoms with E-state index in [9.17, 15) is 0 Å². The molecule has 4 nitrogen and oxygen atoms in total. The minimum absolute atomic E-state index is 0.651. The van der Waals surface area contributed by atoms with Crippen LogP contribution in [0.1, 0.15) is 51.9 Å². The van der Waals surface area contributed by atoms with Crippen molar-refractivity contribution in [3.63, 3.8) is 0 Å². The number of nitrogens with two attached hydrogens (primary N) is 1. The Balaban J connectivity index is 1.68. The van der Waals surface area contributed by atoms with E-state index in [1.807, 2.05) is 0 Å². The number of rotatable bonds is 4. The molecule has 2 rings (SSSR count). The fourth-order valence-corrected chi connectivity index (χ4v) is 3.13. The van der Waals surface area contributed by atoms with Gasteiger partial charge in [0.15, 0.2) is 5.96 Å². The summed E-state index contributed by atoms with van der Waals surface area (Å²) in [6, 6.07) is 0.651. The van der Waals surface area contributed by atoms with E-state index in [-0.39, 0.29) is 0 Å². The van der Waals surface area contributed by atoms with Crippen LogP contribution in [0.25, 0.3) is 0 Å². The third kappa shape index (κ3) is 4.68. The summed E-state index contributed by atoms with van der Waals surface area (Å²) in [5.74, 6) is 0.769. The minimum atomic E-state index is 0.651. The number of hydrogen-bond donors (Lipinski definition) is 1. The molecule has 4 heteroatoms. The van der Waals surface area contributed by atoms with E-state index in [4.69, 9.17) is 5.73 Å². The summed E-state index contributed by atoms with van der Waals surface area (Å²) in [6.45, 7) is 7.94. The van der Waals surface area contributed by atoms with Crippen LogP contribution >= 0.6 is 0 Å². The molecule has 0 radical (unpaired) electrons. The maximum atomic E-state index is 6.08. The lowest BCUT2D eigenvalue weighted by atomic mass is 10.1. The molecule has 0 amide bonds. The molecule has 110 valence electrons. The molecule has 0 spiro atoms. The molecule has 0 aliphatic carbocycles. The van der Waals surface area contributed by atoms with Crippen molar-refractivity contribution in [2.45, 2.75) is 57.9 Å². The van der Waals surface area contributed by atoms with Gasteiger partial charge in [-0.1, -0.05) is 6.42 Å². The maximum Gasteiger partial charge on any atom is 0.191 e. The molecule has 1 unspecified atom stereocenters. The lowest BCUT2D eigenvalue weighted by Gasteiger charge is -2.32. The maximum absolute atomic E-state index is 6.08. The molecule has 2 saturated heterocycles. The van der Waals surface area contributed by atoms with Crippen LogP contribution in [-0.2, 0) is 0 Å². The topological polar surface area (TPSA) is 44.9 Å². The van der Waals surface area contributed by atoms with Gasteiger partial charge in [0, 0.05) is 25.7 Å². The van der Waals surface area contributed by atoms with Gasteiger partial charge in [0.1, 0.15) is 0 Å². The fraction of sp³-hybridized carbons (Fsp3) is 0.933. The fourth-order valence-electron chi connectivity index (χ4n) is 3.13. The highest BCUT2D eigenvalue weighted by molar-refractivity contribution is 5.78. The van der Waals surface area contributed by atoms with Gasteiger partial charge in [-0.3, -0.25) is 4.99 Å². The number of likely N-dealkylation sites (tertiary alicyclic amines) is 2. The molecule has 2 aliphatic heterocycles. The molecule has 2 N–H and O–H groups in total. The summed E-state index contributed by atoms with van der Waals surface area (Å²) in [4.78, 5) is 9.43. The van der Waals surface area contributed by atoms with Crippen molar-refractivity contribution >= 4 is 5.96 Å². The van der Waals surface area contributed by atoms with E-state index >= 15 is 0 Å². The van der Waals surface area contributed by atoms with Gasteiger partial charge >= 0.3 is 0 Å². The van der Waals surface area contributed by atoms with E-state index in [0.717, 1.165) is 32.0 Å². The number of piperidine rings is 2. The quantitative estimate of drug-likeness (QED) is 0.626. The molecule has 19 heavy (non-hydrogen) atoms. The summed E-state index contributed by atoms with van der Waals surface area (Å²) >= 11 is 0. The van der Waals surface area contributed by atoms with E-state index < -0.39 is 0 Å². The molecule has 0 bridgehead atoms. The Kier molecular flexibility index (Phi) is 5.95. The number of hydrogen-bond acceptors (Lipinski definition) is 2. The molecule has 0 saturated carbocycles. The summed E-state index contributed by atoms with van der Waals surface area (Å²) < 4.78 is 0. The Labute approximate surface area is 118 Å². The first-order valence-corrected chi connectivity index (χ1v) is 8.06. The summed E-state index contributed by atoms with van der Waals surface area (Å²) in [5.41, 5.74) is 6.08. The minimum Gasteiger partial charge on any atom is -0.370 e. The summed E-state index contributed by atoms with van der Waals surface area (Å²) in [7, 11) is 0. The van der Waals surface area contributed by atoms with E-state index in [2.05, 4.69) is 21.7 Å². The smallest absolute Gasteiger partial charge is 0.191 e. The van der Waals surface area contributed by atoms with Crippen molar-refractivity contribution in [3.8, 4) is 0 Å². The van der Waals surface area contributed by atoms with Crippen molar-refractivity contribution in [2.75, 3.05) is 32.7 Å². The Morgan fingerprint density at radius 2 is 1.58 bits per heavy atom. The number of aliphatic imine (C=N–C) groups is 1. The first-order chi connectivity index (χ1) is 9.27. The molecule has 1 atom stereocenters. The van der Waals surface area contributed by atoms with Crippen LogP contribution in [0.2, 0.25) is 0 Å². The van der Waals surface area contributed by atoms with E-state index in [0.29, 0.717) is 6.04 Å². The largest absolute Gasteiger partial charge is 0.370 e. The zero-order chi connectivity index (χ0) is 13.5. The summed E-state index contributed by atoms with van der Waals surface area (Å²) in [6.07, 6.45) is 9.14. The van der Waals surface area contributed by atoms with Gasteiger partial charge in [-0.2, -0.15) is 0 Å². The van der Waals surface area contributed by atoms with Gasteiger partial charge in [0.2, 0.25) is 0 Å². The first kappa shape index (κ1) is 14.6. The van der Waals surface area contributed by atoms with Crippen LogP contribution in [0.15, 0.2) is 4.99 Å². The van der Waals surface area contributed by atoms with Gasteiger partial charge in [-0.25, -0.2) is 0 Å². The van der Waals surface area contributed by atoms with Crippen molar-refractivity contribution in [2.24, 2.45) is 10.7 Å². The predicted octanol–water partition coefficient (Wildman–Crippen LogP) is 2.05. The van der Waals surface area contributed by atoms with Crippen molar-refractivity contribution in [1.29, 1.82) is 0 Å². The van der Waals surface area contributed by atoms with Crippen molar-refractivity contribution in [3.05, 3.63) is 0 Å². The second-order valence-corrected chi connectivity index (χ2v) is 6.02. The highest BCUT2D eigenvalue weighted by Gasteiger charge is 2.16. The second-order valence-electron chi connectivity index (χ2n) is 6.02. The van der Waals surface area contributed by atoms with Crippen LogP contribution in [0.3, 0.4) is 0 Å². The normalized spacial score (nSPS) is 24.5. The second kappa shape index (κ2) is 7.73. The SMILES string of the molecule is CC(CCN=C(N)N1CCCCC1)N1CCCCC1. The number of nitrogens with zero attached hydrogens (tertiary/aromatic N) is 3. The van der Waals surface area contributed by atoms with Crippen LogP contribution < -0.4 is 5.73 Å². The van der Waals surface area contributed by atoms with Crippen LogP contribution in [0, 0.1) is 0 Å². The van der Waals surface area contributed by atoms with Gasteiger partial charge in [0.05, 0.1) is 0 Å². The third-order valence-electron chi connectivity index (χ3n) is 4.51. The lowest BCUT2D eigenvalue weighted by Crippen LogP contribution is -2.41. The zero-order valence-electron chi connectivity index (χ0n) is 12.5. The average Bonchev–Trinajstić information content (AvgIpc) is 2.49. The highest BCUT2D eigenvalue weighted by atomic mass is 15.3. The van der Waals surface area contributed by atoms with Crippen LogP contribution in [-0.4, -0.2) is 54.5 Å². The molecule has 0 aromatic heterocycles. The molecule has 2 heterocycles. The molecule has 2 fully saturated rings. The van der Waals surface area contributed by atoms with Gasteiger partial charge in [0.25, 0.3) is 0 Å². The first-order valence-electron chi connectivity index (χ1n) is 8.06. The van der Waals surface area contributed by atoms with Gasteiger partial charge in [-0.05, 0) is 58.5 Å². The Bertz CT molecular complexity index is 278. The van der Waals surface area contributed by atoms with Gasteiger partial charge in [-0.15, -0.1) is 0 Å². The predicted molar refractivity (Wildman–Crippen MR) is 81.4 cm³/mol.